The summed E-state index contributed by atoms with van der Waals surface area (Å²) >= 11 is 0. The highest BCUT2D eigenvalue weighted by Crippen LogP contribution is 2.29. The van der Waals surface area contributed by atoms with Gasteiger partial charge in [0, 0.05) is 61.0 Å². The van der Waals surface area contributed by atoms with E-state index in [1.165, 1.54) is 0 Å². The molecule has 0 unspecified atom stereocenters. The van der Waals surface area contributed by atoms with Crippen LogP contribution in [-0.4, -0.2) is 39.4 Å². The molecule has 0 saturated carbocycles. The highest BCUT2D eigenvalue weighted by Gasteiger charge is 2.13. The molecule has 0 aliphatic rings. The van der Waals surface area contributed by atoms with Gasteiger partial charge in [-0.15, -0.1) is 0 Å². The van der Waals surface area contributed by atoms with Gasteiger partial charge in [-0.2, -0.15) is 0 Å². The Balaban J connectivity index is 1.71. The second kappa shape index (κ2) is 11.3. The largest absolute Gasteiger partial charge is 0.388 e. The summed E-state index contributed by atoms with van der Waals surface area (Å²) in [7, 11) is 1.93. The van der Waals surface area contributed by atoms with Crippen LogP contribution in [0.5, 0.6) is 0 Å². The Morgan fingerprint density at radius 1 is 1.19 bits per heavy atom. The second-order valence-electron chi connectivity index (χ2n) is 8.21. The van der Waals surface area contributed by atoms with Gasteiger partial charge in [0.1, 0.15) is 11.7 Å². The van der Waals surface area contributed by atoms with Crippen molar-refractivity contribution < 1.29 is 0 Å². The van der Waals surface area contributed by atoms with Crippen molar-refractivity contribution in [1.29, 1.82) is 0 Å². The van der Waals surface area contributed by atoms with Crippen LogP contribution in [0.25, 0.3) is 27.7 Å². The normalized spacial score (nSPS) is 12.7. The summed E-state index contributed by atoms with van der Waals surface area (Å²) in [5.74, 6) is 1.35. The van der Waals surface area contributed by atoms with E-state index in [0.29, 0.717) is 18.8 Å². The molecular formula is C29H31N7. The van der Waals surface area contributed by atoms with Gasteiger partial charge >= 0.3 is 0 Å². The Morgan fingerprint density at radius 3 is 2.75 bits per heavy atom. The topological polar surface area (TPSA) is 105 Å². The Morgan fingerprint density at radius 2 is 2.06 bits per heavy atom. The first-order valence-corrected chi connectivity index (χ1v) is 11.9. The molecule has 36 heavy (non-hydrogen) atoms. The van der Waals surface area contributed by atoms with Crippen LogP contribution in [-0.2, 0) is 6.42 Å². The summed E-state index contributed by atoms with van der Waals surface area (Å²) in [6, 6.07) is 10.3. The van der Waals surface area contributed by atoms with Gasteiger partial charge in [0.2, 0.25) is 0 Å². The number of fused-ring (bicyclic) bond motifs is 1. The zero-order valence-corrected chi connectivity index (χ0v) is 20.9. The number of benzene rings is 1. The van der Waals surface area contributed by atoms with Crippen LogP contribution in [0, 0.1) is 0 Å². The van der Waals surface area contributed by atoms with Gasteiger partial charge in [0.25, 0.3) is 0 Å². The number of anilines is 1. The van der Waals surface area contributed by atoms with Crippen LogP contribution in [0.2, 0.25) is 0 Å². The molecule has 0 fully saturated rings. The summed E-state index contributed by atoms with van der Waals surface area (Å²) < 4.78 is 0. The molecule has 0 bridgehead atoms. The van der Waals surface area contributed by atoms with E-state index in [1.807, 2.05) is 57.7 Å². The lowest BCUT2D eigenvalue weighted by atomic mass is 9.97. The lowest BCUT2D eigenvalue weighted by Crippen LogP contribution is -2.14. The number of nitrogens with one attached hydrogen (secondary N) is 2. The zero-order chi connectivity index (χ0) is 25.5. The quantitative estimate of drug-likeness (QED) is 0.167. The molecule has 182 valence electrons. The smallest absolute Gasteiger partial charge is 0.125 e. The van der Waals surface area contributed by atoms with Gasteiger partial charge in [-0.05, 0) is 54.8 Å². The third-order valence-electron chi connectivity index (χ3n) is 5.95. The SMILES string of the molecule is C=C/C(=C\C(=C/C)c1ccc(NC)c(Cc2nc3c(-c4cccnc4)cncc3[nH]2)c1)C(N)=NCC. The van der Waals surface area contributed by atoms with Gasteiger partial charge in [-0.25, -0.2) is 4.98 Å². The average molecular weight is 478 g/mol. The molecule has 3 heterocycles. The van der Waals surface area contributed by atoms with Gasteiger partial charge < -0.3 is 16.0 Å². The summed E-state index contributed by atoms with van der Waals surface area (Å²) in [4.78, 5) is 21.3. The predicted octanol–water partition coefficient (Wildman–Crippen LogP) is 5.55. The number of imidazole rings is 1. The van der Waals surface area contributed by atoms with Crippen LogP contribution in [0.15, 0.2) is 90.5 Å². The highest BCUT2D eigenvalue weighted by molar-refractivity contribution is 6.02. The fourth-order valence-corrected chi connectivity index (χ4v) is 4.14. The Hall–Kier alpha value is -4.52. The molecule has 7 nitrogen and oxygen atoms in total. The standard InChI is InChI=1S/C29H31N7/c1-5-19(13-20(6-2)29(30)34-7-3)21-10-11-25(31-4)23(14-21)15-27-35-26-18-33-17-24(28(26)36-27)22-9-8-12-32-16-22/h5-6,8-14,16-18,31H,2,7,15H2,1,3-4H3,(H2,30,34)(H,35,36)/b19-5+,20-13+. The van der Waals surface area contributed by atoms with Crippen molar-refractivity contribution in [3.8, 4) is 11.1 Å². The molecule has 1 aromatic carbocycles. The number of nitrogens with zero attached hydrogens (tertiary/aromatic N) is 4. The fourth-order valence-electron chi connectivity index (χ4n) is 4.14. The third kappa shape index (κ3) is 5.25. The van der Waals surface area contributed by atoms with E-state index < -0.39 is 0 Å². The maximum atomic E-state index is 6.14. The maximum absolute atomic E-state index is 6.14. The van der Waals surface area contributed by atoms with Gasteiger partial charge in [-0.3, -0.25) is 15.0 Å². The molecule has 0 spiro atoms. The van der Waals surface area contributed by atoms with Crippen LogP contribution >= 0.6 is 0 Å². The number of pyridine rings is 2. The minimum absolute atomic E-state index is 0.485. The summed E-state index contributed by atoms with van der Waals surface area (Å²) in [6.45, 7) is 8.50. The number of H-pyrrole nitrogens is 1. The summed E-state index contributed by atoms with van der Waals surface area (Å²) in [5.41, 5.74) is 14.9. The average Bonchev–Trinajstić information content (AvgIpc) is 3.32. The molecule has 4 rings (SSSR count). The number of aliphatic imine (C=N–C) groups is 1. The first-order valence-electron chi connectivity index (χ1n) is 11.9. The molecule has 0 saturated heterocycles. The molecule has 0 aliphatic carbocycles. The van der Waals surface area contributed by atoms with E-state index in [2.05, 4.69) is 56.1 Å². The Labute approximate surface area is 211 Å². The van der Waals surface area contributed by atoms with Crippen molar-refractivity contribution in [3.63, 3.8) is 0 Å². The van der Waals surface area contributed by atoms with Crippen molar-refractivity contribution in [1.82, 2.24) is 19.9 Å². The van der Waals surface area contributed by atoms with E-state index >= 15 is 0 Å². The van der Waals surface area contributed by atoms with Crippen molar-refractivity contribution in [3.05, 3.63) is 102 Å². The Bertz CT molecular complexity index is 1460. The number of nitrogens with two attached hydrogens (primary N) is 1. The molecule has 0 atom stereocenters. The number of amidine groups is 1. The third-order valence-corrected chi connectivity index (χ3v) is 5.95. The van der Waals surface area contributed by atoms with Gasteiger partial charge in [-0.1, -0.05) is 30.9 Å². The number of aromatic nitrogens is 4. The first kappa shape index (κ1) is 24.6. The van der Waals surface area contributed by atoms with E-state index in [4.69, 9.17) is 10.7 Å². The molecule has 4 N–H and O–H groups in total. The fraction of sp³-hybridized carbons (Fsp3) is 0.172. The molecule has 7 heteroatoms. The van der Waals surface area contributed by atoms with Crippen LogP contribution < -0.4 is 11.1 Å². The van der Waals surface area contributed by atoms with Gasteiger partial charge in [0.05, 0.1) is 17.2 Å². The van der Waals surface area contributed by atoms with E-state index in [1.54, 1.807) is 12.3 Å². The van der Waals surface area contributed by atoms with Crippen LogP contribution in [0.4, 0.5) is 5.69 Å². The van der Waals surface area contributed by atoms with Gasteiger partial charge in [0.15, 0.2) is 0 Å². The second-order valence-corrected chi connectivity index (χ2v) is 8.21. The summed E-state index contributed by atoms with van der Waals surface area (Å²) in [6.07, 6.45) is 13.7. The number of rotatable bonds is 9. The van der Waals surface area contributed by atoms with Crippen molar-refractivity contribution >= 4 is 28.1 Å². The zero-order valence-electron chi connectivity index (χ0n) is 20.9. The predicted molar refractivity (Wildman–Crippen MR) is 150 cm³/mol. The molecule has 0 aliphatic heterocycles. The minimum atomic E-state index is 0.485. The lowest BCUT2D eigenvalue weighted by molar-refractivity contribution is 1.04. The van der Waals surface area contributed by atoms with E-state index in [9.17, 15) is 0 Å². The maximum Gasteiger partial charge on any atom is 0.125 e. The van der Waals surface area contributed by atoms with Crippen molar-refractivity contribution in [2.45, 2.75) is 20.3 Å². The highest BCUT2D eigenvalue weighted by atomic mass is 14.9. The van der Waals surface area contributed by atoms with Crippen molar-refractivity contribution in [2.24, 2.45) is 10.7 Å². The minimum Gasteiger partial charge on any atom is -0.388 e. The van der Waals surface area contributed by atoms with Crippen LogP contribution in [0.1, 0.15) is 30.8 Å². The first-order chi connectivity index (χ1) is 17.6. The molecule has 4 aromatic rings. The number of hydrogen-bond acceptors (Lipinski definition) is 5. The van der Waals surface area contributed by atoms with E-state index in [0.717, 1.165) is 55.9 Å². The van der Waals surface area contributed by atoms with Crippen molar-refractivity contribution in [2.75, 3.05) is 18.9 Å². The summed E-state index contributed by atoms with van der Waals surface area (Å²) in [5, 5.41) is 3.31. The Kier molecular flexibility index (Phi) is 7.70. The van der Waals surface area contributed by atoms with Crippen LogP contribution in [0.3, 0.4) is 0 Å². The number of aromatic amines is 1. The van der Waals surface area contributed by atoms with E-state index in [-0.39, 0.29) is 0 Å². The molecule has 3 aromatic heterocycles. The molecular weight excluding hydrogens is 446 g/mol. The monoisotopic (exact) mass is 477 g/mol. The number of allylic oxidation sites excluding steroid dienone is 3. The lowest BCUT2D eigenvalue weighted by Gasteiger charge is -2.12. The number of hydrogen-bond donors (Lipinski definition) is 3. The molecule has 0 amide bonds. The molecule has 0 radical (unpaired) electrons.